The Morgan fingerprint density at radius 2 is 1.83 bits per heavy atom. The normalized spacial score (nSPS) is 10.3. The average molecular weight is 261 g/mol. The number of anilines is 1. The first-order valence-corrected chi connectivity index (χ1v) is 6.60. The van der Waals surface area contributed by atoms with Crippen LogP contribution in [0.2, 0.25) is 0 Å². The summed E-state index contributed by atoms with van der Waals surface area (Å²) in [6.07, 6.45) is 1.02. The van der Waals surface area contributed by atoms with Crippen LogP contribution in [0.4, 0.5) is 5.82 Å². The lowest BCUT2D eigenvalue weighted by Gasteiger charge is -2.18. The Hall–Kier alpha value is -1.54. The van der Waals surface area contributed by atoms with E-state index in [1.54, 1.807) is 0 Å². The fourth-order valence-electron chi connectivity index (χ4n) is 1.81. The highest BCUT2D eigenvalue weighted by molar-refractivity contribution is 6.16. The fourth-order valence-corrected chi connectivity index (χ4v) is 1.96. The zero-order chi connectivity index (χ0) is 12.8. The zero-order valence-corrected chi connectivity index (χ0v) is 11.3. The topological polar surface area (TPSA) is 16.1 Å². The van der Waals surface area contributed by atoms with Crippen LogP contribution in [0.15, 0.2) is 48.5 Å². The number of alkyl halides is 1. The minimum atomic E-state index is 0.459. The highest BCUT2D eigenvalue weighted by atomic mass is 35.5. The number of likely N-dealkylation sites (N-methyl/N-ethyl adjacent to an activating group) is 1. The molecule has 0 N–H and O–H groups in total. The molecule has 0 amide bonds. The lowest BCUT2D eigenvalue weighted by atomic mass is 10.1. The van der Waals surface area contributed by atoms with Crippen LogP contribution in [-0.4, -0.2) is 18.6 Å². The molecule has 2 nitrogen and oxygen atoms in total. The number of hydrogen-bond donors (Lipinski definition) is 0. The first-order valence-electron chi connectivity index (χ1n) is 6.06. The molecule has 0 spiro atoms. The Bertz CT molecular complexity index is 485. The Morgan fingerprint density at radius 3 is 2.56 bits per heavy atom. The Balaban J connectivity index is 1.97. The molecule has 18 heavy (non-hydrogen) atoms. The molecule has 1 aromatic carbocycles. The van der Waals surface area contributed by atoms with Gasteiger partial charge in [-0.2, -0.15) is 0 Å². The molecule has 0 bridgehead atoms. The number of nitrogens with zero attached hydrogens (tertiary/aromatic N) is 2. The van der Waals surface area contributed by atoms with E-state index in [0.717, 1.165) is 24.5 Å². The van der Waals surface area contributed by atoms with Gasteiger partial charge in [-0.1, -0.05) is 36.4 Å². The molecule has 2 aromatic rings. The van der Waals surface area contributed by atoms with Crippen LogP contribution in [-0.2, 0) is 12.3 Å². The van der Waals surface area contributed by atoms with Crippen molar-refractivity contribution in [2.75, 3.05) is 18.5 Å². The van der Waals surface area contributed by atoms with E-state index in [4.69, 9.17) is 11.6 Å². The van der Waals surface area contributed by atoms with E-state index in [1.165, 1.54) is 5.56 Å². The van der Waals surface area contributed by atoms with Crippen LogP contribution in [0.1, 0.15) is 11.3 Å². The van der Waals surface area contributed by atoms with Crippen LogP contribution >= 0.6 is 11.6 Å². The minimum Gasteiger partial charge on any atom is -0.359 e. The molecular weight excluding hydrogens is 244 g/mol. The first-order chi connectivity index (χ1) is 8.79. The van der Waals surface area contributed by atoms with Gasteiger partial charge in [-0.3, -0.25) is 0 Å². The van der Waals surface area contributed by atoms with Crippen molar-refractivity contribution in [1.29, 1.82) is 0 Å². The summed E-state index contributed by atoms with van der Waals surface area (Å²) in [5.41, 5.74) is 2.26. The summed E-state index contributed by atoms with van der Waals surface area (Å²) in [4.78, 5) is 6.65. The number of pyridine rings is 1. The SMILES string of the molecule is CN(CCc1ccccc1)c1cccc(CCl)n1. The third-order valence-corrected chi connectivity index (χ3v) is 3.17. The summed E-state index contributed by atoms with van der Waals surface area (Å²) < 4.78 is 0. The van der Waals surface area contributed by atoms with Gasteiger partial charge in [0.25, 0.3) is 0 Å². The third-order valence-electron chi connectivity index (χ3n) is 2.90. The van der Waals surface area contributed by atoms with E-state index in [0.29, 0.717) is 5.88 Å². The van der Waals surface area contributed by atoms with E-state index in [9.17, 15) is 0 Å². The number of halogens is 1. The molecule has 0 aliphatic heterocycles. The maximum atomic E-state index is 5.80. The average Bonchev–Trinajstić information content (AvgIpc) is 2.46. The second-order valence-corrected chi connectivity index (χ2v) is 4.55. The van der Waals surface area contributed by atoms with Crippen molar-refractivity contribution in [1.82, 2.24) is 4.98 Å². The summed E-state index contributed by atoms with van der Waals surface area (Å²) in [6, 6.07) is 16.4. The largest absolute Gasteiger partial charge is 0.359 e. The molecule has 2 rings (SSSR count). The quantitative estimate of drug-likeness (QED) is 0.765. The maximum absolute atomic E-state index is 5.80. The van der Waals surface area contributed by atoms with Gasteiger partial charge < -0.3 is 4.90 Å². The second kappa shape index (κ2) is 6.41. The number of benzene rings is 1. The van der Waals surface area contributed by atoms with E-state index in [2.05, 4.69) is 41.2 Å². The van der Waals surface area contributed by atoms with Gasteiger partial charge in [-0.05, 0) is 24.1 Å². The smallest absolute Gasteiger partial charge is 0.128 e. The summed E-state index contributed by atoms with van der Waals surface area (Å²) in [5.74, 6) is 1.43. The first kappa shape index (κ1) is 12.9. The molecule has 0 aliphatic carbocycles. The Morgan fingerprint density at radius 1 is 1.06 bits per heavy atom. The van der Waals surface area contributed by atoms with Crippen molar-refractivity contribution < 1.29 is 0 Å². The van der Waals surface area contributed by atoms with Gasteiger partial charge in [0.1, 0.15) is 5.82 Å². The summed E-state index contributed by atoms with van der Waals surface area (Å²) >= 11 is 5.80. The van der Waals surface area contributed by atoms with Gasteiger partial charge in [0.15, 0.2) is 0 Å². The minimum absolute atomic E-state index is 0.459. The van der Waals surface area contributed by atoms with Gasteiger partial charge in [-0.15, -0.1) is 11.6 Å². The molecule has 3 heteroatoms. The molecule has 1 aromatic heterocycles. The molecule has 0 unspecified atom stereocenters. The Kier molecular flexibility index (Phi) is 4.59. The van der Waals surface area contributed by atoms with Crippen molar-refractivity contribution in [2.24, 2.45) is 0 Å². The van der Waals surface area contributed by atoms with Gasteiger partial charge in [0, 0.05) is 13.6 Å². The monoisotopic (exact) mass is 260 g/mol. The van der Waals surface area contributed by atoms with E-state index >= 15 is 0 Å². The van der Waals surface area contributed by atoms with Crippen molar-refractivity contribution >= 4 is 17.4 Å². The lowest BCUT2D eigenvalue weighted by molar-refractivity contribution is 0.855. The number of hydrogen-bond acceptors (Lipinski definition) is 2. The van der Waals surface area contributed by atoms with Crippen LogP contribution in [0.5, 0.6) is 0 Å². The van der Waals surface area contributed by atoms with Crippen LogP contribution in [0.3, 0.4) is 0 Å². The van der Waals surface area contributed by atoms with Gasteiger partial charge in [0.2, 0.25) is 0 Å². The molecule has 0 atom stereocenters. The van der Waals surface area contributed by atoms with E-state index < -0.39 is 0 Å². The van der Waals surface area contributed by atoms with Crippen molar-refractivity contribution in [3.05, 3.63) is 59.8 Å². The van der Waals surface area contributed by atoms with Crippen molar-refractivity contribution in [2.45, 2.75) is 12.3 Å². The molecular formula is C15H17ClN2. The predicted molar refractivity (Wildman–Crippen MR) is 77.2 cm³/mol. The zero-order valence-electron chi connectivity index (χ0n) is 10.5. The highest BCUT2D eigenvalue weighted by Crippen LogP contribution is 2.12. The number of rotatable bonds is 5. The van der Waals surface area contributed by atoms with Gasteiger partial charge in [-0.25, -0.2) is 4.98 Å². The summed E-state index contributed by atoms with van der Waals surface area (Å²) in [5, 5.41) is 0. The lowest BCUT2D eigenvalue weighted by Crippen LogP contribution is -2.21. The summed E-state index contributed by atoms with van der Waals surface area (Å²) in [6.45, 7) is 0.947. The van der Waals surface area contributed by atoms with Crippen LogP contribution in [0, 0.1) is 0 Å². The standard InChI is InChI=1S/C15H17ClN2/c1-18(11-10-13-6-3-2-4-7-13)15-9-5-8-14(12-16)17-15/h2-9H,10-12H2,1H3. The molecule has 94 valence electrons. The molecule has 0 radical (unpaired) electrons. The highest BCUT2D eigenvalue weighted by Gasteiger charge is 2.03. The molecule has 0 saturated heterocycles. The predicted octanol–water partition coefficient (Wildman–Crippen LogP) is 3.50. The van der Waals surface area contributed by atoms with Gasteiger partial charge in [0.05, 0.1) is 11.6 Å². The van der Waals surface area contributed by atoms with Crippen LogP contribution in [0.25, 0.3) is 0 Å². The second-order valence-electron chi connectivity index (χ2n) is 4.28. The molecule has 1 heterocycles. The summed E-state index contributed by atoms with van der Waals surface area (Å²) in [7, 11) is 2.06. The van der Waals surface area contributed by atoms with E-state index in [-0.39, 0.29) is 0 Å². The van der Waals surface area contributed by atoms with Crippen molar-refractivity contribution in [3.63, 3.8) is 0 Å². The fraction of sp³-hybridized carbons (Fsp3) is 0.267. The van der Waals surface area contributed by atoms with E-state index in [1.807, 2.05) is 24.3 Å². The number of aromatic nitrogens is 1. The molecule has 0 saturated carbocycles. The third kappa shape index (κ3) is 3.47. The maximum Gasteiger partial charge on any atom is 0.128 e. The molecule has 0 aliphatic rings. The van der Waals surface area contributed by atoms with Crippen molar-refractivity contribution in [3.8, 4) is 0 Å². The molecule has 0 fully saturated rings. The Labute approximate surface area is 113 Å². The van der Waals surface area contributed by atoms with Crippen LogP contribution < -0.4 is 4.90 Å². The van der Waals surface area contributed by atoms with Gasteiger partial charge >= 0.3 is 0 Å².